The summed E-state index contributed by atoms with van der Waals surface area (Å²) in [5.41, 5.74) is 0.490. The van der Waals surface area contributed by atoms with Crippen LogP contribution in [0.15, 0.2) is 36.4 Å². The molecule has 2 rings (SSSR count). The first kappa shape index (κ1) is 34.4. The zero-order chi connectivity index (χ0) is 30.0. The van der Waals surface area contributed by atoms with Crippen LogP contribution in [0.3, 0.4) is 0 Å². The van der Waals surface area contributed by atoms with Gasteiger partial charge in [-0.2, -0.15) is 0 Å². The number of unbranched alkanes of at least 4 members (excludes halogenated alkanes) is 4. The molecule has 0 saturated heterocycles. The van der Waals surface area contributed by atoms with Crippen molar-refractivity contribution in [2.45, 2.75) is 135 Å². The number of esters is 1. The van der Waals surface area contributed by atoms with Crippen LogP contribution < -0.4 is 5.19 Å². The summed E-state index contributed by atoms with van der Waals surface area (Å²) >= 11 is 0. The van der Waals surface area contributed by atoms with E-state index in [9.17, 15) is 14.7 Å². The van der Waals surface area contributed by atoms with Crippen molar-refractivity contribution in [2.75, 3.05) is 7.11 Å². The van der Waals surface area contributed by atoms with Crippen molar-refractivity contribution in [1.29, 1.82) is 0 Å². The second-order valence-electron chi connectivity index (χ2n) is 13.4. The summed E-state index contributed by atoms with van der Waals surface area (Å²) in [5.74, 6) is 0.0644. The van der Waals surface area contributed by atoms with Gasteiger partial charge in [0.15, 0.2) is 0 Å². The first-order valence-corrected chi connectivity index (χ1v) is 17.9. The van der Waals surface area contributed by atoms with Gasteiger partial charge in [0.2, 0.25) is 8.32 Å². The molecule has 1 aromatic carbocycles. The van der Waals surface area contributed by atoms with Crippen molar-refractivity contribution in [2.24, 2.45) is 11.8 Å². The topological polar surface area (TPSA) is 72.8 Å². The molecular formula is C34H56O5Si. The predicted molar refractivity (Wildman–Crippen MR) is 167 cm³/mol. The van der Waals surface area contributed by atoms with Crippen LogP contribution in [-0.2, 0) is 18.8 Å². The van der Waals surface area contributed by atoms with Crippen LogP contribution in [0.2, 0.25) is 11.6 Å². The molecule has 5 nitrogen and oxygen atoms in total. The van der Waals surface area contributed by atoms with Crippen LogP contribution in [0.1, 0.15) is 111 Å². The van der Waals surface area contributed by atoms with Gasteiger partial charge in [0.1, 0.15) is 5.78 Å². The Balaban J connectivity index is 2.24. The first-order chi connectivity index (χ1) is 18.7. The normalized spacial score (nSPS) is 22.8. The number of benzene rings is 1. The number of hydrogen-bond donors (Lipinski definition) is 1. The van der Waals surface area contributed by atoms with Gasteiger partial charge in [-0.3, -0.25) is 9.59 Å². The van der Waals surface area contributed by atoms with E-state index < -0.39 is 13.9 Å². The van der Waals surface area contributed by atoms with E-state index in [0.29, 0.717) is 25.0 Å². The Bertz CT molecular complexity index is 962. The third-order valence-electron chi connectivity index (χ3n) is 8.99. The minimum Gasteiger partial charge on any atom is -0.469 e. The van der Waals surface area contributed by atoms with E-state index in [-0.39, 0.29) is 28.9 Å². The summed E-state index contributed by atoms with van der Waals surface area (Å²) in [4.78, 5) is 24.9. The number of methoxy groups -OCH3 is 1. The molecule has 0 aromatic heterocycles. The lowest BCUT2D eigenvalue weighted by atomic mass is 9.87. The minimum atomic E-state index is -2.45. The van der Waals surface area contributed by atoms with Crippen LogP contribution in [0.25, 0.3) is 0 Å². The highest BCUT2D eigenvalue weighted by atomic mass is 28.4. The maximum Gasteiger partial charge on any atom is 0.305 e. The molecule has 3 unspecified atom stereocenters. The van der Waals surface area contributed by atoms with E-state index in [1.54, 1.807) is 0 Å². The number of rotatable bonds is 16. The quantitative estimate of drug-likeness (QED) is 0.0957. The van der Waals surface area contributed by atoms with Crippen LogP contribution in [-0.4, -0.2) is 44.0 Å². The average Bonchev–Trinajstić information content (AvgIpc) is 3.17. The van der Waals surface area contributed by atoms with Gasteiger partial charge < -0.3 is 14.3 Å². The number of aryl methyl sites for hydroxylation is 1. The molecule has 1 saturated carbocycles. The number of aliphatic hydroxyl groups is 1. The highest BCUT2D eigenvalue weighted by Gasteiger charge is 2.50. The van der Waals surface area contributed by atoms with E-state index in [1.165, 1.54) is 17.9 Å². The molecule has 1 aromatic rings. The Morgan fingerprint density at radius 3 is 2.33 bits per heavy atom. The number of ketones is 1. The Labute approximate surface area is 245 Å². The molecule has 0 bridgehead atoms. The first-order valence-electron chi connectivity index (χ1n) is 15.5. The Morgan fingerprint density at radius 2 is 1.73 bits per heavy atom. The molecule has 0 spiro atoms. The van der Waals surface area contributed by atoms with Crippen LogP contribution in [0.5, 0.6) is 0 Å². The van der Waals surface area contributed by atoms with E-state index in [2.05, 4.69) is 77.6 Å². The fourth-order valence-corrected chi connectivity index (χ4v) is 8.78. The van der Waals surface area contributed by atoms with Gasteiger partial charge in [0.25, 0.3) is 0 Å². The Hall–Kier alpha value is -1.76. The second-order valence-corrected chi connectivity index (χ2v) is 17.8. The highest BCUT2D eigenvalue weighted by Crippen LogP contribution is 2.43. The number of hydrogen-bond acceptors (Lipinski definition) is 5. The molecule has 1 aliphatic rings. The Morgan fingerprint density at radius 1 is 1.07 bits per heavy atom. The smallest absolute Gasteiger partial charge is 0.305 e. The van der Waals surface area contributed by atoms with Gasteiger partial charge in [0.05, 0.1) is 18.8 Å². The standard InChI is InChI=1S/C34H56O5Si/c1-9-10-23-34(6,37)24-15-17-29-28(16-13-11-12-14-18-32(36)38-7)30(35)25-31(29)39-40(8,33(3,4)5)27-21-19-26(2)20-22-27/h15,17,19-22,28-29,31,37H,9-14,16,18,23-25H2,1-8H3/b17-15+/t28-,29-,31?,34?,40?/m1/s1. The zero-order valence-electron chi connectivity index (χ0n) is 26.6. The molecule has 0 radical (unpaired) electrons. The van der Waals surface area contributed by atoms with E-state index >= 15 is 0 Å². The predicted octanol–water partition coefficient (Wildman–Crippen LogP) is 7.57. The van der Waals surface area contributed by atoms with Crippen molar-refractivity contribution >= 4 is 25.3 Å². The number of ether oxygens (including phenoxy) is 1. The molecule has 1 N–H and O–H groups in total. The van der Waals surface area contributed by atoms with Gasteiger partial charge in [-0.15, -0.1) is 0 Å². The number of Topliss-reactive ketones (excluding diaryl/α,β-unsaturated/α-hetero) is 1. The summed E-state index contributed by atoms with van der Waals surface area (Å²) in [6, 6.07) is 8.75. The van der Waals surface area contributed by atoms with E-state index in [0.717, 1.165) is 51.4 Å². The third kappa shape index (κ3) is 9.95. The van der Waals surface area contributed by atoms with Gasteiger partial charge >= 0.3 is 5.97 Å². The maximum atomic E-state index is 13.5. The molecule has 0 amide bonds. The summed E-state index contributed by atoms with van der Waals surface area (Å²) in [7, 11) is -1.03. The summed E-state index contributed by atoms with van der Waals surface area (Å²) in [6.07, 6.45) is 13.0. The minimum absolute atomic E-state index is 0.00386. The van der Waals surface area contributed by atoms with Crippen molar-refractivity contribution in [1.82, 2.24) is 0 Å². The van der Waals surface area contributed by atoms with Crippen molar-refractivity contribution < 1.29 is 23.9 Å². The van der Waals surface area contributed by atoms with Crippen LogP contribution >= 0.6 is 0 Å². The molecule has 1 fully saturated rings. The van der Waals surface area contributed by atoms with E-state index in [1.807, 2.05) is 6.92 Å². The molecular weight excluding hydrogens is 516 g/mol. The average molecular weight is 573 g/mol. The fraction of sp³-hybridized carbons (Fsp3) is 0.706. The monoisotopic (exact) mass is 572 g/mol. The summed E-state index contributed by atoms with van der Waals surface area (Å²) < 4.78 is 11.9. The van der Waals surface area contributed by atoms with E-state index in [4.69, 9.17) is 9.16 Å². The summed E-state index contributed by atoms with van der Waals surface area (Å²) in [6.45, 7) is 15.2. The molecule has 0 heterocycles. The van der Waals surface area contributed by atoms with Crippen molar-refractivity contribution in [3.8, 4) is 0 Å². The van der Waals surface area contributed by atoms with Crippen molar-refractivity contribution in [3.05, 3.63) is 42.0 Å². The largest absolute Gasteiger partial charge is 0.469 e. The van der Waals surface area contributed by atoms with Gasteiger partial charge in [-0.05, 0) is 56.3 Å². The summed E-state index contributed by atoms with van der Waals surface area (Å²) in [5, 5.41) is 12.1. The molecule has 5 atom stereocenters. The number of carbonyl (C=O) groups is 2. The lowest BCUT2D eigenvalue weighted by Gasteiger charge is -2.42. The number of carbonyl (C=O) groups excluding carboxylic acids is 2. The van der Waals surface area contributed by atoms with Crippen LogP contribution in [0.4, 0.5) is 0 Å². The third-order valence-corrected chi connectivity index (χ3v) is 14.1. The SMILES string of the molecule is CCCCC(C)(O)C/C=C/[C@H]1C(O[Si](C)(c2ccc(C)cc2)C(C)(C)C)CC(=O)[C@@H]1CCCCCCC(=O)OC. The maximum absolute atomic E-state index is 13.5. The molecule has 40 heavy (non-hydrogen) atoms. The van der Waals surface area contributed by atoms with Crippen LogP contribution in [0, 0.1) is 18.8 Å². The lowest BCUT2D eigenvalue weighted by molar-refractivity contribution is -0.140. The van der Waals surface area contributed by atoms with Crippen molar-refractivity contribution in [3.63, 3.8) is 0 Å². The van der Waals surface area contributed by atoms with Gasteiger partial charge in [-0.25, -0.2) is 0 Å². The zero-order valence-corrected chi connectivity index (χ0v) is 27.6. The Kier molecular flexibility index (Phi) is 13.3. The molecule has 6 heteroatoms. The second kappa shape index (κ2) is 15.5. The highest BCUT2D eigenvalue weighted by molar-refractivity contribution is 6.88. The van der Waals surface area contributed by atoms with Gasteiger partial charge in [-0.1, -0.05) is 102 Å². The lowest BCUT2D eigenvalue weighted by Crippen LogP contribution is -2.57. The molecule has 1 aliphatic carbocycles. The fourth-order valence-electron chi connectivity index (χ4n) is 5.77. The molecule has 0 aliphatic heterocycles. The molecule has 226 valence electrons. The van der Waals surface area contributed by atoms with Gasteiger partial charge in [0, 0.05) is 24.7 Å².